The van der Waals surface area contributed by atoms with Crippen LogP contribution in [0.15, 0.2) is 168 Å². The summed E-state index contributed by atoms with van der Waals surface area (Å²) in [6.07, 6.45) is 0. The molecule has 4 nitrogen and oxygen atoms in total. The molecule has 2 heterocycles. The Morgan fingerprint density at radius 3 is 1.51 bits per heavy atom. The number of aromatic nitrogens is 2. The van der Waals surface area contributed by atoms with Crippen molar-refractivity contribution in [3.05, 3.63) is 164 Å². The minimum absolute atomic E-state index is 0.515. The molecule has 7 aromatic rings. The maximum absolute atomic E-state index is 5.58. The Labute approximate surface area is 251 Å². The fourth-order valence-corrected chi connectivity index (χ4v) is 11.6. The Kier molecular flexibility index (Phi) is 6.09. The van der Waals surface area contributed by atoms with Crippen molar-refractivity contribution in [2.75, 3.05) is 4.90 Å². The van der Waals surface area contributed by atoms with Crippen LogP contribution in [0.2, 0.25) is 0 Å². The molecule has 0 spiro atoms. The maximum atomic E-state index is 5.58. The van der Waals surface area contributed by atoms with Crippen LogP contribution in [0.3, 0.4) is 0 Å². The van der Waals surface area contributed by atoms with Crippen molar-refractivity contribution >= 4 is 45.9 Å². The summed E-state index contributed by atoms with van der Waals surface area (Å²) in [5.74, 6) is 1.09. The van der Waals surface area contributed by atoms with Gasteiger partial charge in [0.15, 0.2) is 8.07 Å². The monoisotopic (exact) mass is 569 g/mol. The first-order valence-corrected chi connectivity index (χ1v) is 16.4. The molecule has 0 radical (unpaired) electrons. The van der Waals surface area contributed by atoms with Gasteiger partial charge in [0.05, 0.1) is 0 Å². The van der Waals surface area contributed by atoms with Gasteiger partial charge in [-0.1, -0.05) is 120 Å². The fraction of sp³-hybridized carbons (Fsp3) is 0. The molecule has 0 saturated carbocycles. The first-order chi connectivity index (χ1) is 21.3. The first kappa shape index (κ1) is 25.2. The van der Waals surface area contributed by atoms with Gasteiger partial charge in [0.1, 0.15) is 0 Å². The van der Waals surface area contributed by atoms with Crippen LogP contribution >= 0.6 is 0 Å². The van der Waals surface area contributed by atoms with E-state index in [0.717, 1.165) is 16.8 Å². The zero-order chi connectivity index (χ0) is 28.6. The van der Waals surface area contributed by atoms with Gasteiger partial charge in [-0.05, 0) is 69.3 Å². The van der Waals surface area contributed by atoms with Gasteiger partial charge in [0.2, 0.25) is 5.82 Å². The average Bonchev–Trinajstić information content (AvgIpc) is 3.59. The van der Waals surface area contributed by atoms with Crippen LogP contribution in [-0.4, -0.2) is 18.2 Å². The minimum Gasteiger partial charge on any atom is -0.334 e. The summed E-state index contributed by atoms with van der Waals surface area (Å²) in [4.78, 5) is 7.07. The van der Waals surface area contributed by atoms with Crippen LogP contribution in [-0.2, 0) is 0 Å². The van der Waals surface area contributed by atoms with E-state index in [-0.39, 0.29) is 0 Å². The van der Waals surface area contributed by atoms with Crippen LogP contribution in [0, 0.1) is 0 Å². The lowest BCUT2D eigenvalue weighted by atomic mass is 10.1. The zero-order valence-corrected chi connectivity index (χ0v) is 24.3. The highest BCUT2D eigenvalue weighted by atomic mass is 28.3. The number of fused-ring (bicyclic) bond motifs is 2. The molecule has 43 heavy (non-hydrogen) atoms. The summed E-state index contributed by atoms with van der Waals surface area (Å²) >= 11 is 0. The summed E-state index contributed by atoms with van der Waals surface area (Å²) < 4.78 is 5.58. The van der Waals surface area contributed by atoms with Gasteiger partial charge < -0.3 is 9.42 Å². The number of nitrogens with zero attached hydrogens (tertiary/aromatic N) is 3. The van der Waals surface area contributed by atoms with Crippen molar-refractivity contribution in [3.63, 3.8) is 0 Å². The number of anilines is 3. The van der Waals surface area contributed by atoms with E-state index in [9.17, 15) is 0 Å². The standard InChI is InChI=1S/C38H27N3OSi/c1-4-14-29(15-5-1)38-39-37(40-42-38)28-24-26-30(27-25-28)41-33-20-10-12-22-35(33)43(31-16-6-2-7-17-31,32-18-8-3-9-19-32)36-23-13-11-21-34(36)41/h1-27H. The molecule has 0 saturated heterocycles. The van der Waals surface area contributed by atoms with Gasteiger partial charge in [-0.2, -0.15) is 4.98 Å². The number of hydrogen-bond acceptors (Lipinski definition) is 4. The largest absolute Gasteiger partial charge is 0.334 e. The van der Waals surface area contributed by atoms with E-state index < -0.39 is 8.07 Å². The second-order valence-electron chi connectivity index (χ2n) is 10.7. The number of rotatable bonds is 5. The van der Waals surface area contributed by atoms with E-state index in [0.29, 0.717) is 11.7 Å². The van der Waals surface area contributed by atoms with E-state index in [1.165, 1.54) is 32.1 Å². The predicted octanol–water partition coefficient (Wildman–Crippen LogP) is 6.56. The lowest BCUT2D eigenvalue weighted by Crippen LogP contribution is -2.77. The molecule has 6 aromatic carbocycles. The van der Waals surface area contributed by atoms with Crippen molar-refractivity contribution in [3.8, 4) is 22.8 Å². The second-order valence-corrected chi connectivity index (χ2v) is 14.4. The van der Waals surface area contributed by atoms with Crippen LogP contribution in [0.1, 0.15) is 0 Å². The number of benzene rings is 6. The molecular weight excluding hydrogens is 543 g/mol. The molecule has 1 aliphatic heterocycles. The number of para-hydroxylation sites is 2. The third kappa shape index (κ3) is 4.05. The van der Waals surface area contributed by atoms with Crippen molar-refractivity contribution in [2.24, 2.45) is 0 Å². The Bertz CT molecular complexity index is 1930. The van der Waals surface area contributed by atoms with Crippen molar-refractivity contribution in [1.29, 1.82) is 0 Å². The van der Waals surface area contributed by atoms with Gasteiger partial charge >= 0.3 is 0 Å². The van der Waals surface area contributed by atoms with Crippen LogP contribution in [0.25, 0.3) is 22.8 Å². The van der Waals surface area contributed by atoms with Crippen LogP contribution in [0.5, 0.6) is 0 Å². The van der Waals surface area contributed by atoms with Crippen molar-refractivity contribution in [2.45, 2.75) is 0 Å². The molecule has 0 fully saturated rings. The normalized spacial score (nSPS) is 13.3. The first-order valence-electron chi connectivity index (χ1n) is 14.4. The van der Waals surface area contributed by atoms with E-state index in [1.54, 1.807) is 0 Å². The van der Waals surface area contributed by atoms with Gasteiger partial charge in [0, 0.05) is 28.2 Å². The molecule has 0 amide bonds. The zero-order valence-electron chi connectivity index (χ0n) is 23.3. The van der Waals surface area contributed by atoms with E-state index in [4.69, 9.17) is 4.52 Å². The summed E-state index contributed by atoms with van der Waals surface area (Å²) in [6.45, 7) is 0. The highest BCUT2D eigenvalue weighted by Crippen LogP contribution is 2.38. The van der Waals surface area contributed by atoms with Gasteiger partial charge in [0.25, 0.3) is 5.89 Å². The molecule has 1 aromatic heterocycles. The Morgan fingerprint density at radius 2 is 0.953 bits per heavy atom. The SMILES string of the molecule is c1ccc(-c2nc(-c3ccc(N4c5ccccc5[Si](c5ccccc5)(c5ccccc5)c5ccccc54)cc3)no2)cc1. The highest BCUT2D eigenvalue weighted by molar-refractivity contribution is 7.21. The summed E-state index contributed by atoms with van der Waals surface area (Å²) in [5, 5.41) is 9.77. The quantitative estimate of drug-likeness (QED) is 0.220. The maximum Gasteiger partial charge on any atom is 0.258 e. The second kappa shape index (κ2) is 10.4. The Morgan fingerprint density at radius 1 is 0.465 bits per heavy atom. The molecule has 0 atom stereocenters. The third-order valence-corrected chi connectivity index (χ3v) is 13.2. The lowest BCUT2D eigenvalue weighted by molar-refractivity contribution is 0.432. The Balaban J connectivity index is 1.29. The van der Waals surface area contributed by atoms with Crippen LogP contribution in [0.4, 0.5) is 17.1 Å². The molecule has 1 aliphatic rings. The number of hydrogen-bond donors (Lipinski definition) is 0. The molecule has 5 heteroatoms. The minimum atomic E-state index is -2.62. The molecule has 0 N–H and O–H groups in total. The molecular formula is C38H27N3OSi. The third-order valence-electron chi connectivity index (χ3n) is 8.34. The topological polar surface area (TPSA) is 42.2 Å². The van der Waals surface area contributed by atoms with Gasteiger partial charge in [-0.15, -0.1) is 0 Å². The van der Waals surface area contributed by atoms with Crippen molar-refractivity contribution < 1.29 is 4.52 Å². The average molecular weight is 570 g/mol. The molecule has 8 rings (SSSR count). The van der Waals surface area contributed by atoms with E-state index >= 15 is 0 Å². The van der Waals surface area contributed by atoms with Gasteiger partial charge in [-0.25, -0.2) is 0 Å². The predicted molar refractivity (Wildman–Crippen MR) is 177 cm³/mol. The van der Waals surface area contributed by atoms with Gasteiger partial charge in [-0.3, -0.25) is 0 Å². The smallest absolute Gasteiger partial charge is 0.258 e. The Hall–Kier alpha value is -5.52. The highest BCUT2D eigenvalue weighted by Gasteiger charge is 2.48. The summed E-state index contributed by atoms with van der Waals surface area (Å²) in [5.41, 5.74) is 5.31. The molecule has 0 unspecified atom stereocenters. The van der Waals surface area contributed by atoms with Crippen LogP contribution < -0.4 is 25.6 Å². The molecule has 0 bridgehead atoms. The molecule has 204 valence electrons. The summed E-state index contributed by atoms with van der Waals surface area (Å²) in [6, 6.07) is 58.3. The molecule has 0 aliphatic carbocycles. The van der Waals surface area contributed by atoms with Crippen molar-refractivity contribution in [1.82, 2.24) is 10.1 Å². The van der Waals surface area contributed by atoms with E-state index in [1.807, 2.05) is 30.3 Å². The summed E-state index contributed by atoms with van der Waals surface area (Å²) in [7, 11) is -2.62. The van der Waals surface area contributed by atoms with E-state index in [2.05, 4.69) is 149 Å². The fourth-order valence-electron chi connectivity index (χ4n) is 6.49. The lowest BCUT2D eigenvalue weighted by Gasteiger charge is -2.45.